The SMILES string of the molecule is FN(F)c1nccc(Cl)n1. The van der Waals surface area contributed by atoms with Crippen molar-refractivity contribution in [2.24, 2.45) is 0 Å². The Bertz CT molecular complexity index is 229. The molecule has 10 heavy (non-hydrogen) atoms. The fourth-order valence-corrected chi connectivity index (χ4v) is 0.540. The van der Waals surface area contributed by atoms with E-state index < -0.39 is 11.3 Å². The normalized spacial score (nSPS) is 9.50. The Hall–Kier alpha value is -0.970. The van der Waals surface area contributed by atoms with Crippen molar-refractivity contribution in [1.82, 2.24) is 9.97 Å². The quantitative estimate of drug-likeness (QED) is 0.469. The van der Waals surface area contributed by atoms with E-state index in [9.17, 15) is 8.96 Å². The van der Waals surface area contributed by atoms with Crippen LogP contribution >= 0.6 is 11.6 Å². The van der Waals surface area contributed by atoms with E-state index in [1.807, 2.05) is 0 Å². The summed E-state index contributed by atoms with van der Waals surface area (Å²) in [6, 6.07) is 1.31. The van der Waals surface area contributed by atoms with Gasteiger partial charge in [0.15, 0.2) is 0 Å². The average Bonchev–Trinajstić information content (AvgIpc) is 1.88. The average molecular weight is 166 g/mol. The number of rotatable bonds is 1. The van der Waals surface area contributed by atoms with Gasteiger partial charge in [-0.25, -0.2) is 4.98 Å². The minimum absolute atomic E-state index is 0.00898. The first-order valence-corrected chi connectivity index (χ1v) is 2.68. The molecule has 0 atom stereocenters. The first-order valence-electron chi connectivity index (χ1n) is 2.30. The zero-order valence-corrected chi connectivity index (χ0v) is 5.39. The smallest absolute Gasteiger partial charge is 0.217 e. The fourth-order valence-electron chi connectivity index (χ4n) is 0.409. The van der Waals surface area contributed by atoms with Crippen molar-refractivity contribution in [2.75, 3.05) is 5.34 Å². The third-order valence-electron chi connectivity index (χ3n) is 0.760. The predicted octanol–water partition coefficient (Wildman–Crippen LogP) is 1.71. The molecule has 0 radical (unpaired) electrons. The van der Waals surface area contributed by atoms with Crippen LogP contribution in [0.3, 0.4) is 0 Å². The lowest BCUT2D eigenvalue weighted by atomic mass is 10.7. The summed E-state index contributed by atoms with van der Waals surface area (Å²) >= 11 is 5.28. The summed E-state index contributed by atoms with van der Waals surface area (Å²) in [7, 11) is 0. The van der Waals surface area contributed by atoms with E-state index in [0.29, 0.717) is 0 Å². The maximum Gasteiger partial charge on any atom is 0.289 e. The Morgan fingerprint density at radius 3 is 2.60 bits per heavy atom. The Morgan fingerprint density at radius 1 is 1.50 bits per heavy atom. The van der Waals surface area contributed by atoms with Crippen LogP contribution in [0.1, 0.15) is 0 Å². The molecule has 3 nitrogen and oxygen atoms in total. The predicted molar refractivity (Wildman–Crippen MR) is 31.7 cm³/mol. The minimum atomic E-state index is -1.20. The van der Waals surface area contributed by atoms with Gasteiger partial charge >= 0.3 is 0 Å². The van der Waals surface area contributed by atoms with Gasteiger partial charge < -0.3 is 0 Å². The summed E-state index contributed by atoms with van der Waals surface area (Å²) < 4.78 is 23.2. The zero-order chi connectivity index (χ0) is 7.56. The number of nitrogens with zero attached hydrogens (tertiary/aromatic N) is 3. The second kappa shape index (κ2) is 2.74. The molecule has 1 aromatic heterocycles. The Morgan fingerprint density at radius 2 is 2.20 bits per heavy atom. The van der Waals surface area contributed by atoms with Gasteiger partial charge in [0.25, 0.3) is 5.95 Å². The van der Waals surface area contributed by atoms with Crippen LogP contribution in [0, 0.1) is 0 Å². The van der Waals surface area contributed by atoms with Crippen LogP contribution < -0.4 is 5.34 Å². The van der Waals surface area contributed by atoms with Crippen LogP contribution in [0.15, 0.2) is 12.3 Å². The Balaban J connectivity index is 2.96. The molecule has 0 amide bonds. The number of hydrogen-bond donors (Lipinski definition) is 0. The summed E-state index contributed by atoms with van der Waals surface area (Å²) in [5.74, 6) is -0.701. The summed E-state index contributed by atoms with van der Waals surface area (Å²) in [4.78, 5) is 6.42. The summed E-state index contributed by atoms with van der Waals surface area (Å²) in [6.07, 6.45) is 1.15. The lowest BCUT2D eigenvalue weighted by Gasteiger charge is -1.97. The molecule has 6 heteroatoms. The van der Waals surface area contributed by atoms with Crippen molar-refractivity contribution in [3.63, 3.8) is 0 Å². The molecular formula is C4H2ClF2N3. The van der Waals surface area contributed by atoms with Crippen molar-refractivity contribution in [1.29, 1.82) is 0 Å². The molecule has 1 aromatic rings. The number of halogens is 3. The van der Waals surface area contributed by atoms with Gasteiger partial charge in [0, 0.05) is 6.20 Å². The van der Waals surface area contributed by atoms with E-state index in [4.69, 9.17) is 11.6 Å². The van der Waals surface area contributed by atoms with Gasteiger partial charge in [-0.3, -0.25) is 0 Å². The first kappa shape index (κ1) is 7.14. The van der Waals surface area contributed by atoms with Crippen LogP contribution in [0.25, 0.3) is 0 Å². The van der Waals surface area contributed by atoms with E-state index in [1.165, 1.54) is 6.07 Å². The molecule has 0 aliphatic carbocycles. The van der Waals surface area contributed by atoms with Crippen molar-refractivity contribution >= 4 is 17.5 Å². The number of hydrogen-bond acceptors (Lipinski definition) is 3. The van der Waals surface area contributed by atoms with Gasteiger partial charge in [-0.2, -0.15) is 4.98 Å². The lowest BCUT2D eigenvalue weighted by molar-refractivity contribution is 0.227. The third kappa shape index (κ3) is 1.51. The van der Waals surface area contributed by atoms with Gasteiger partial charge in [0.1, 0.15) is 5.15 Å². The van der Waals surface area contributed by atoms with Crippen molar-refractivity contribution < 1.29 is 8.96 Å². The third-order valence-corrected chi connectivity index (χ3v) is 0.971. The standard InChI is InChI=1S/C4H2ClF2N3/c5-3-1-2-8-4(9-3)10(6)7/h1-2H. The van der Waals surface area contributed by atoms with Crippen LogP contribution in [0.2, 0.25) is 5.15 Å². The largest absolute Gasteiger partial charge is 0.289 e. The monoisotopic (exact) mass is 165 g/mol. The van der Waals surface area contributed by atoms with Gasteiger partial charge in [-0.05, 0) is 11.4 Å². The highest BCUT2D eigenvalue weighted by Gasteiger charge is 2.05. The van der Waals surface area contributed by atoms with Crippen LogP contribution in [0.5, 0.6) is 0 Å². The lowest BCUT2D eigenvalue weighted by Crippen LogP contribution is -2.00. The van der Waals surface area contributed by atoms with Crippen LogP contribution in [0.4, 0.5) is 14.9 Å². The van der Waals surface area contributed by atoms with Crippen LogP contribution in [-0.4, -0.2) is 9.97 Å². The Labute approximate surface area is 60.1 Å². The minimum Gasteiger partial charge on any atom is -0.217 e. The highest BCUT2D eigenvalue weighted by atomic mass is 35.5. The molecule has 0 bridgehead atoms. The summed E-state index contributed by atoms with van der Waals surface area (Å²) in [5, 5.41) is -1.21. The zero-order valence-electron chi connectivity index (χ0n) is 4.63. The first-order chi connectivity index (χ1) is 4.70. The highest BCUT2D eigenvalue weighted by molar-refractivity contribution is 6.29. The second-order valence-corrected chi connectivity index (χ2v) is 1.80. The van der Waals surface area contributed by atoms with Gasteiger partial charge in [0.05, 0.1) is 0 Å². The number of aromatic nitrogens is 2. The summed E-state index contributed by atoms with van der Waals surface area (Å²) in [5.41, 5.74) is 0. The maximum absolute atomic E-state index is 11.6. The summed E-state index contributed by atoms with van der Waals surface area (Å²) in [6.45, 7) is 0. The second-order valence-electron chi connectivity index (χ2n) is 1.41. The molecule has 0 N–H and O–H groups in total. The van der Waals surface area contributed by atoms with E-state index >= 15 is 0 Å². The number of anilines is 1. The van der Waals surface area contributed by atoms with Crippen molar-refractivity contribution in [2.45, 2.75) is 0 Å². The molecule has 0 aliphatic heterocycles. The molecule has 54 valence electrons. The molecule has 0 unspecified atom stereocenters. The van der Waals surface area contributed by atoms with Crippen molar-refractivity contribution in [3.05, 3.63) is 17.4 Å². The molecule has 0 saturated heterocycles. The van der Waals surface area contributed by atoms with E-state index in [2.05, 4.69) is 9.97 Å². The molecular weight excluding hydrogens is 164 g/mol. The molecule has 0 spiro atoms. The maximum atomic E-state index is 11.6. The fraction of sp³-hybridized carbons (Fsp3) is 0. The van der Waals surface area contributed by atoms with Gasteiger partial charge in [0.2, 0.25) is 0 Å². The van der Waals surface area contributed by atoms with Gasteiger partial charge in [-0.1, -0.05) is 20.6 Å². The van der Waals surface area contributed by atoms with E-state index in [-0.39, 0.29) is 5.15 Å². The molecule has 0 aromatic carbocycles. The molecule has 0 aliphatic rings. The van der Waals surface area contributed by atoms with Gasteiger partial charge in [-0.15, -0.1) is 0 Å². The topological polar surface area (TPSA) is 29.0 Å². The Kier molecular flexibility index (Phi) is 1.96. The van der Waals surface area contributed by atoms with Crippen LogP contribution in [-0.2, 0) is 0 Å². The molecule has 1 rings (SSSR count). The van der Waals surface area contributed by atoms with E-state index in [0.717, 1.165) is 6.20 Å². The molecule has 0 saturated carbocycles. The van der Waals surface area contributed by atoms with Crippen molar-refractivity contribution in [3.8, 4) is 0 Å². The van der Waals surface area contributed by atoms with E-state index in [1.54, 1.807) is 0 Å². The molecule has 0 fully saturated rings. The molecule has 1 heterocycles. The highest BCUT2D eigenvalue weighted by Crippen LogP contribution is 2.10.